The van der Waals surface area contributed by atoms with Crippen molar-refractivity contribution in [2.75, 3.05) is 19.0 Å². The number of methoxy groups -OCH3 is 1. The van der Waals surface area contributed by atoms with Crippen molar-refractivity contribution in [3.8, 4) is 5.75 Å². The van der Waals surface area contributed by atoms with Gasteiger partial charge in [0, 0.05) is 12.1 Å². The van der Waals surface area contributed by atoms with Crippen LogP contribution in [0.3, 0.4) is 0 Å². The quantitative estimate of drug-likeness (QED) is 0.898. The summed E-state index contributed by atoms with van der Waals surface area (Å²) < 4.78 is 5.24. The Labute approximate surface area is 137 Å². The van der Waals surface area contributed by atoms with Gasteiger partial charge in [0.25, 0.3) is 5.91 Å². The van der Waals surface area contributed by atoms with Crippen molar-refractivity contribution in [2.24, 2.45) is 0 Å². The van der Waals surface area contributed by atoms with Crippen LogP contribution < -0.4 is 15.4 Å². The smallest absolute Gasteiger partial charge is 0.263 e. The van der Waals surface area contributed by atoms with Crippen LogP contribution in [0.15, 0.2) is 24.3 Å². The van der Waals surface area contributed by atoms with Crippen LogP contribution in [0.5, 0.6) is 5.75 Å². The first-order valence-corrected chi connectivity index (χ1v) is 8.18. The monoisotopic (exact) mass is 331 g/mol. The standard InChI is InChI=1S/C16H17N3O3S/c1-22-12-7-3-2-5-10(12)9-13(20)19-16-18-11-6-4-8-17-15(21)14(11)23-16/h2-3,5,7H,4,6,8-9H2,1H3,(H,17,21)(H,18,19,20). The van der Waals surface area contributed by atoms with Crippen molar-refractivity contribution in [3.63, 3.8) is 0 Å². The van der Waals surface area contributed by atoms with Gasteiger partial charge in [-0.2, -0.15) is 0 Å². The van der Waals surface area contributed by atoms with Crippen molar-refractivity contribution >= 4 is 28.3 Å². The van der Waals surface area contributed by atoms with E-state index in [0.717, 1.165) is 24.1 Å². The third kappa shape index (κ3) is 3.50. The summed E-state index contributed by atoms with van der Waals surface area (Å²) in [6, 6.07) is 7.39. The minimum atomic E-state index is -0.182. The number of amides is 2. The molecule has 0 radical (unpaired) electrons. The Hall–Kier alpha value is -2.41. The number of fused-ring (bicyclic) bond motifs is 1. The van der Waals surface area contributed by atoms with E-state index >= 15 is 0 Å². The van der Waals surface area contributed by atoms with Gasteiger partial charge in [-0.1, -0.05) is 29.5 Å². The number of carbonyl (C=O) groups excluding carboxylic acids is 2. The van der Waals surface area contributed by atoms with Gasteiger partial charge in [-0.15, -0.1) is 0 Å². The molecule has 0 saturated carbocycles. The summed E-state index contributed by atoms with van der Waals surface area (Å²) in [6.07, 6.45) is 1.80. The van der Waals surface area contributed by atoms with Crippen molar-refractivity contribution in [3.05, 3.63) is 40.4 Å². The predicted molar refractivity (Wildman–Crippen MR) is 88.1 cm³/mol. The lowest BCUT2D eigenvalue weighted by Gasteiger charge is -2.07. The number of aromatic nitrogens is 1. The molecule has 23 heavy (non-hydrogen) atoms. The van der Waals surface area contributed by atoms with Crippen molar-refractivity contribution in [1.82, 2.24) is 10.3 Å². The summed E-state index contributed by atoms with van der Waals surface area (Å²) in [7, 11) is 1.58. The zero-order valence-electron chi connectivity index (χ0n) is 12.7. The summed E-state index contributed by atoms with van der Waals surface area (Å²) in [5, 5.41) is 6.06. The van der Waals surface area contributed by atoms with Crippen LogP contribution in [-0.4, -0.2) is 30.5 Å². The highest BCUT2D eigenvalue weighted by Gasteiger charge is 2.21. The number of nitrogens with zero attached hydrogens (tertiary/aromatic N) is 1. The lowest BCUT2D eigenvalue weighted by atomic mass is 10.1. The first-order chi connectivity index (χ1) is 11.2. The van der Waals surface area contributed by atoms with Crippen LogP contribution >= 0.6 is 11.3 Å². The molecular formula is C16H17N3O3S. The second kappa shape index (κ2) is 6.78. The van der Waals surface area contributed by atoms with E-state index < -0.39 is 0 Å². The molecule has 0 unspecified atom stereocenters. The van der Waals surface area contributed by atoms with Gasteiger partial charge < -0.3 is 15.4 Å². The van der Waals surface area contributed by atoms with E-state index in [1.165, 1.54) is 11.3 Å². The first kappa shape index (κ1) is 15.5. The minimum absolute atomic E-state index is 0.111. The second-order valence-corrected chi connectivity index (χ2v) is 6.19. The molecule has 2 aromatic rings. The Morgan fingerprint density at radius 1 is 1.43 bits per heavy atom. The highest BCUT2D eigenvalue weighted by Crippen LogP contribution is 2.26. The largest absolute Gasteiger partial charge is 0.496 e. The molecular weight excluding hydrogens is 314 g/mol. The van der Waals surface area contributed by atoms with Crippen molar-refractivity contribution < 1.29 is 14.3 Å². The van der Waals surface area contributed by atoms with Gasteiger partial charge in [-0.3, -0.25) is 9.59 Å². The molecule has 7 heteroatoms. The van der Waals surface area contributed by atoms with Crippen LogP contribution in [0.25, 0.3) is 0 Å². The highest BCUT2D eigenvalue weighted by molar-refractivity contribution is 7.17. The van der Waals surface area contributed by atoms with E-state index in [2.05, 4.69) is 15.6 Å². The van der Waals surface area contributed by atoms with Gasteiger partial charge in [0.05, 0.1) is 19.2 Å². The normalized spacial score (nSPS) is 13.7. The molecule has 0 aliphatic carbocycles. The third-order valence-electron chi connectivity index (χ3n) is 3.57. The van der Waals surface area contributed by atoms with E-state index in [0.29, 0.717) is 22.3 Å². The Morgan fingerprint density at radius 2 is 2.26 bits per heavy atom. The molecule has 2 amide bonds. The number of rotatable bonds is 4. The molecule has 2 heterocycles. The Bertz CT molecular complexity index is 742. The maximum absolute atomic E-state index is 12.2. The third-order valence-corrected chi connectivity index (χ3v) is 4.58. The average molecular weight is 331 g/mol. The maximum Gasteiger partial charge on any atom is 0.263 e. The number of nitrogens with one attached hydrogen (secondary N) is 2. The molecule has 0 saturated heterocycles. The maximum atomic E-state index is 12.2. The molecule has 1 aromatic carbocycles. The number of benzene rings is 1. The number of para-hydroxylation sites is 1. The number of anilines is 1. The van der Waals surface area contributed by atoms with E-state index in [9.17, 15) is 9.59 Å². The Morgan fingerprint density at radius 3 is 3.09 bits per heavy atom. The van der Waals surface area contributed by atoms with Crippen LogP contribution in [0, 0.1) is 0 Å². The zero-order valence-corrected chi connectivity index (χ0v) is 13.5. The Balaban J connectivity index is 1.71. The fraction of sp³-hybridized carbons (Fsp3) is 0.312. The topological polar surface area (TPSA) is 80.3 Å². The first-order valence-electron chi connectivity index (χ1n) is 7.37. The van der Waals surface area contributed by atoms with E-state index in [1.54, 1.807) is 7.11 Å². The predicted octanol–water partition coefficient (Wildman–Crippen LogP) is 2.01. The molecule has 1 aromatic heterocycles. The van der Waals surface area contributed by atoms with Crippen molar-refractivity contribution in [2.45, 2.75) is 19.3 Å². The molecule has 0 fully saturated rings. The van der Waals surface area contributed by atoms with Gasteiger partial charge in [0.2, 0.25) is 5.91 Å². The lowest BCUT2D eigenvalue weighted by molar-refractivity contribution is -0.115. The molecule has 2 N–H and O–H groups in total. The van der Waals surface area contributed by atoms with Gasteiger partial charge in [-0.05, 0) is 18.9 Å². The van der Waals surface area contributed by atoms with Crippen LogP contribution in [0.4, 0.5) is 5.13 Å². The van der Waals surface area contributed by atoms with E-state index in [1.807, 2.05) is 24.3 Å². The van der Waals surface area contributed by atoms with E-state index in [4.69, 9.17) is 4.74 Å². The fourth-order valence-corrected chi connectivity index (χ4v) is 3.42. The number of thiazole rings is 1. The minimum Gasteiger partial charge on any atom is -0.496 e. The number of ether oxygens (including phenoxy) is 1. The van der Waals surface area contributed by atoms with Crippen molar-refractivity contribution in [1.29, 1.82) is 0 Å². The molecule has 3 rings (SSSR count). The molecule has 0 spiro atoms. The molecule has 1 aliphatic heterocycles. The lowest BCUT2D eigenvalue weighted by Crippen LogP contribution is -2.21. The fourth-order valence-electron chi connectivity index (χ4n) is 2.48. The number of hydrogen-bond donors (Lipinski definition) is 2. The SMILES string of the molecule is COc1ccccc1CC(=O)Nc1nc2c(s1)C(=O)NCCC2. The van der Waals surface area contributed by atoms with Crippen LogP contribution in [0.2, 0.25) is 0 Å². The summed E-state index contributed by atoms with van der Waals surface area (Å²) in [5.41, 5.74) is 1.57. The van der Waals surface area contributed by atoms with Crippen LogP contribution in [-0.2, 0) is 17.6 Å². The summed E-state index contributed by atoms with van der Waals surface area (Å²) in [4.78, 5) is 29.1. The number of hydrogen-bond acceptors (Lipinski definition) is 5. The molecule has 0 bridgehead atoms. The number of carbonyl (C=O) groups is 2. The molecule has 6 nitrogen and oxygen atoms in total. The number of aryl methyl sites for hydroxylation is 1. The summed E-state index contributed by atoms with van der Waals surface area (Å²) >= 11 is 1.22. The molecule has 120 valence electrons. The Kier molecular flexibility index (Phi) is 4.57. The van der Waals surface area contributed by atoms with Gasteiger partial charge >= 0.3 is 0 Å². The summed E-state index contributed by atoms with van der Waals surface area (Å²) in [5.74, 6) is 0.385. The highest BCUT2D eigenvalue weighted by atomic mass is 32.1. The second-order valence-electron chi connectivity index (χ2n) is 5.19. The van der Waals surface area contributed by atoms with Gasteiger partial charge in [0.1, 0.15) is 10.6 Å². The van der Waals surface area contributed by atoms with Gasteiger partial charge in [-0.25, -0.2) is 4.98 Å². The summed E-state index contributed by atoms with van der Waals surface area (Å²) in [6.45, 7) is 0.664. The zero-order chi connectivity index (χ0) is 16.2. The molecule has 1 aliphatic rings. The average Bonchev–Trinajstić information content (AvgIpc) is 2.86. The van der Waals surface area contributed by atoms with Crippen LogP contribution in [0.1, 0.15) is 27.3 Å². The van der Waals surface area contributed by atoms with Gasteiger partial charge in [0.15, 0.2) is 5.13 Å². The van der Waals surface area contributed by atoms with E-state index in [-0.39, 0.29) is 18.2 Å². The molecule has 0 atom stereocenters.